The maximum absolute atomic E-state index is 9.14. The van der Waals surface area contributed by atoms with Crippen LogP contribution in [-0.2, 0) is 4.79 Å². The number of rotatable bonds is 1. The van der Waals surface area contributed by atoms with E-state index in [1.54, 1.807) is 0 Å². The second kappa shape index (κ2) is 31.2. The monoisotopic (exact) mass is 491 g/mol. The number of aliphatic carboxylic acids is 1. The van der Waals surface area contributed by atoms with E-state index in [1.165, 1.54) is 193 Å². The summed E-state index contributed by atoms with van der Waals surface area (Å²) in [6.45, 7) is 2.90. The van der Waals surface area contributed by atoms with E-state index in [1.807, 2.05) is 0 Å². The van der Waals surface area contributed by atoms with E-state index in [-0.39, 0.29) is 0 Å². The molecule has 2 nitrogen and oxygen atoms in total. The first-order chi connectivity index (χ1) is 17.3. The van der Waals surface area contributed by atoms with Gasteiger partial charge in [-0.15, -0.1) is 0 Å². The Bertz CT molecular complexity index is 270. The fraction of sp³-hybridized carbons (Fsp3) is 0.909. The van der Waals surface area contributed by atoms with Crippen molar-refractivity contribution < 1.29 is 9.90 Å². The van der Waals surface area contributed by atoms with Crippen molar-refractivity contribution in [3.8, 4) is 0 Å². The second-order valence-electron chi connectivity index (χ2n) is 11.1. The lowest BCUT2D eigenvalue weighted by atomic mass is 10.0. The van der Waals surface area contributed by atoms with E-state index in [9.17, 15) is 0 Å². The van der Waals surface area contributed by atoms with Crippen LogP contribution in [0.25, 0.3) is 0 Å². The van der Waals surface area contributed by atoms with Gasteiger partial charge in [-0.05, 0) is 6.08 Å². The van der Waals surface area contributed by atoms with Crippen LogP contribution in [0.1, 0.15) is 193 Å². The number of hydrogen-bond donors (Lipinski definition) is 0. The lowest BCUT2D eigenvalue weighted by Gasteiger charge is -2.05. The van der Waals surface area contributed by atoms with Gasteiger partial charge in [0, 0.05) is 0 Å². The highest BCUT2D eigenvalue weighted by molar-refractivity contribution is 5.76. The predicted octanol–water partition coefficient (Wildman–Crippen LogP) is 10.6. The highest BCUT2D eigenvalue weighted by atomic mass is 16.4. The SMILES string of the molecule is C1CCCCCCCCC1.C1CCCCCCCCC1.C1CCCCCCCCC1.C=CC(=O)[O-]. The smallest absolute Gasteiger partial charge is 0.0636 e. The lowest BCUT2D eigenvalue weighted by molar-refractivity contribution is -0.297. The standard InChI is InChI=1S/3C10H20.C3H4O2/c3*1-2-4-6-8-10-9-7-5-3-1;1-2-3(4)5/h3*1-10H2;2H,1H2,(H,4,5)/p-1. The van der Waals surface area contributed by atoms with Crippen LogP contribution in [0.4, 0.5) is 0 Å². The summed E-state index contributed by atoms with van der Waals surface area (Å²) in [7, 11) is 0. The lowest BCUT2D eigenvalue weighted by Crippen LogP contribution is -2.17. The van der Waals surface area contributed by atoms with Crippen molar-refractivity contribution >= 4 is 5.97 Å². The summed E-state index contributed by atoms with van der Waals surface area (Å²) >= 11 is 0. The highest BCUT2D eigenvalue weighted by Crippen LogP contribution is 2.17. The third-order valence-corrected chi connectivity index (χ3v) is 7.67. The van der Waals surface area contributed by atoms with Gasteiger partial charge >= 0.3 is 0 Å². The number of hydrogen-bond acceptors (Lipinski definition) is 2. The summed E-state index contributed by atoms with van der Waals surface area (Å²) in [6, 6.07) is 0. The minimum atomic E-state index is -1.23. The van der Waals surface area contributed by atoms with E-state index in [4.69, 9.17) is 9.90 Å². The molecule has 0 bridgehead atoms. The zero-order chi connectivity index (χ0) is 25.5. The van der Waals surface area contributed by atoms with Crippen molar-refractivity contribution in [3.63, 3.8) is 0 Å². The average molecular weight is 492 g/mol. The molecule has 0 aromatic carbocycles. The Kier molecular flexibility index (Phi) is 30.5. The first-order valence-corrected chi connectivity index (χ1v) is 16.1. The van der Waals surface area contributed by atoms with Crippen LogP contribution in [0, 0.1) is 0 Å². The first-order valence-electron chi connectivity index (χ1n) is 16.1. The van der Waals surface area contributed by atoms with E-state index in [0.717, 1.165) is 6.08 Å². The van der Waals surface area contributed by atoms with Gasteiger partial charge in [-0.3, -0.25) is 0 Å². The summed E-state index contributed by atoms with van der Waals surface area (Å²) in [5.41, 5.74) is 0. The largest absolute Gasteiger partial charge is 0.545 e. The first kappa shape index (κ1) is 34.2. The Hall–Kier alpha value is -0.790. The molecule has 0 aromatic heterocycles. The van der Waals surface area contributed by atoms with Gasteiger partial charge in [-0.2, -0.15) is 0 Å². The summed E-state index contributed by atoms with van der Waals surface area (Å²) in [5, 5.41) is 9.14. The maximum atomic E-state index is 9.14. The summed E-state index contributed by atoms with van der Waals surface area (Å²) in [5.74, 6) is -1.23. The van der Waals surface area contributed by atoms with Crippen LogP contribution in [0.3, 0.4) is 0 Å². The van der Waals surface area contributed by atoms with Gasteiger partial charge in [0.15, 0.2) is 0 Å². The Morgan fingerprint density at radius 3 is 0.429 bits per heavy atom. The van der Waals surface area contributed by atoms with Crippen LogP contribution in [0.5, 0.6) is 0 Å². The topological polar surface area (TPSA) is 40.1 Å². The van der Waals surface area contributed by atoms with Crippen molar-refractivity contribution in [1.82, 2.24) is 0 Å². The molecular formula is C33H63O2-. The second-order valence-corrected chi connectivity index (χ2v) is 11.1. The van der Waals surface area contributed by atoms with E-state index in [2.05, 4.69) is 6.58 Å². The molecule has 2 heteroatoms. The molecular weight excluding hydrogens is 428 g/mol. The van der Waals surface area contributed by atoms with Crippen molar-refractivity contribution in [1.29, 1.82) is 0 Å². The number of carbonyl (C=O) groups is 1. The number of carboxylic acid groups (broad SMARTS) is 1. The molecule has 208 valence electrons. The summed E-state index contributed by atoms with van der Waals surface area (Å²) in [4.78, 5) is 9.14. The van der Waals surface area contributed by atoms with Crippen LogP contribution >= 0.6 is 0 Å². The average Bonchev–Trinajstić information content (AvgIpc) is 2.91. The molecule has 0 amide bonds. The van der Waals surface area contributed by atoms with Crippen molar-refractivity contribution in [2.45, 2.75) is 193 Å². The van der Waals surface area contributed by atoms with Crippen molar-refractivity contribution in [2.24, 2.45) is 0 Å². The summed E-state index contributed by atoms with van der Waals surface area (Å²) < 4.78 is 0. The third-order valence-electron chi connectivity index (χ3n) is 7.67. The van der Waals surface area contributed by atoms with Gasteiger partial charge in [0.25, 0.3) is 0 Å². The van der Waals surface area contributed by atoms with Crippen LogP contribution in [0.15, 0.2) is 12.7 Å². The molecule has 3 aliphatic rings. The Morgan fingerprint density at radius 2 is 0.400 bits per heavy atom. The van der Waals surface area contributed by atoms with Crippen molar-refractivity contribution in [2.75, 3.05) is 0 Å². The predicted molar refractivity (Wildman–Crippen MR) is 154 cm³/mol. The highest BCUT2D eigenvalue weighted by Gasteiger charge is 1.97. The van der Waals surface area contributed by atoms with Gasteiger partial charge in [0.1, 0.15) is 0 Å². The van der Waals surface area contributed by atoms with Gasteiger partial charge < -0.3 is 9.90 Å². The number of carboxylic acids is 1. The quantitative estimate of drug-likeness (QED) is 0.342. The molecule has 0 N–H and O–H groups in total. The molecule has 0 aliphatic heterocycles. The van der Waals surface area contributed by atoms with E-state index >= 15 is 0 Å². The number of carbonyl (C=O) groups excluding carboxylic acids is 1. The van der Waals surface area contributed by atoms with E-state index in [0.29, 0.717) is 0 Å². The molecule has 3 saturated carbocycles. The van der Waals surface area contributed by atoms with Gasteiger partial charge in [-0.25, -0.2) is 0 Å². The normalized spacial score (nSPS) is 21.5. The maximum Gasteiger partial charge on any atom is 0.0636 e. The fourth-order valence-corrected chi connectivity index (χ4v) is 5.30. The minimum Gasteiger partial charge on any atom is -0.545 e. The zero-order valence-electron chi connectivity index (χ0n) is 23.8. The Balaban J connectivity index is 0.000000453. The molecule has 3 rings (SSSR count). The third kappa shape index (κ3) is 33.2. The van der Waals surface area contributed by atoms with Crippen LogP contribution < -0.4 is 5.11 Å². The molecule has 0 atom stereocenters. The van der Waals surface area contributed by atoms with Gasteiger partial charge in [0.2, 0.25) is 0 Å². The molecule has 0 heterocycles. The minimum absolute atomic E-state index is 0.722. The molecule has 0 unspecified atom stereocenters. The summed E-state index contributed by atoms with van der Waals surface area (Å²) in [6.07, 6.45) is 45.7. The van der Waals surface area contributed by atoms with Gasteiger partial charge in [0.05, 0.1) is 5.97 Å². The van der Waals surface area contributed by atoms with Crippen LogP contribution in [0.2, 0.25) is 0 Å². The molecule has 35 heavy (non-hydrogen) atoms. The molecule has 3 aliphatic carbocycles. The molecule has 0 radical (unpaired) electrons. The molecule has 0 saturated heterocycles. The fourth-order valence-electron chi connectivity index (χ4n) is 5.30. The van der Waals surface area contributed by atoms with Crippen molar-refractivity contribution in [3.05, 3.63) is 12.7 Å². The van der Waals surface area contributed by atoms with Gasteiger partial charge in [-0.1, -0.05) is 199 Å². The van der Waals surface area contributed by atoms with Crippen LogP contribution in [-0.4, -0.2) is 5.97 Å². The molecule has 0 aromatic rings. The molecule has 3 fully saturated rings. The van der Waals surface area contributed by atoms with E-state index < -0.39 is 5.97 Å². The Morgan fingerprint density at radius 1 is 0.343 bits per heavy atom. The zero-order valence-corrected chi connectivity index (χ0v) is 23.8. The Labute approximate surface area is 221 Å². The molecule has 0 spiro atoms.